The zero-order valence-corrected chi connectivity index (χ0v) is 20.7. The summed E-state index contributed by atoms with van der Waals surface area (Å²) in [6.07, 6.45) is 1.24. The van der Waals surface area contributed by atoms with Crippen molar-refractivity contribution in [2.75, 3.05) is 36.4 Å². The number of aromatic nitrogens is 2. The molecular formula is C26H23F2N5O3S. The SMILES string of the molecule is Cc1c(C(=O)N2CCN(c3ccccc3)CC2)sc2ncn(CC(=O)Nc3cc(F)cc(F)c3)c(=O)c12. The standard InChI is InChI=1S/C26H23F2N5O3S/c1-16-22-24(29-15-33(25(22)35)14-21(34)30-19-12-17(27)11-18(28)13-19)37-23(16)26(36)32-9-7-31(8-10-32)20-5-3-2-4-6-20/h2-6,11-13,15H,7-10,14H2,1H3,(H,30,34). The molecule has 0 bridgehead atoms. The van der Waals surface area contributed by atoms with Crippen molar-refractivity contribution >= 4 is 44.7 Å². The maximum atomic E-state index is 13.4. The second-order valence-electron chi connectivity index (χ2n) is 8.74. The number of nitrogens with one attached hydrogen (secondary N) is 1. The Labute approximate surface area is 214 Å². The van der Waals surface area contributed by atoms with Gasteiger partial charge in [0.15, 0.2) is 0 Å². The number of hydrogen-bond donors (Lipinski definition) is 1. The summed E-state index contributed by atoms with van der Waals surface area (Å²) >= 11 is 1.16. The number of para-hydroxylation sites is 1. The summed E-state index contributed by atoms with van der Waals surface area (Å²) in [6.45, 7) is 3.82. The highest BCUT2D eigenvalue weighted by atomic mass is 32.1. The fourth-order valence-corrected chi connectivity index (χ4v) is 5.51. The van der Waals surface area contributed by atoms with Crippen molar-refractivity contribution < 1.29 is 18.4 Å². The fourth-order valence-electron chi connectivity index (χ4n) is 4.41. The fraction of sp³-hybridized carbons (Fsp3) is 0.231. The number of nitrogens with zero attached hydrogens (tertiary/aromatic N) is 4. The molecule has 1 aliphatic heterocycles. The predicted octanol–water partition coefficient (Wildman–Crippen LogP) is 3.65. The smallest absolute Gasteiger partial charge is 0.264 e. The van der Waals surface area contributed by atoms with E-state index in [1.807, 2.05) is 30.3 Å². The minimum absolute atomic E-state index is 0.0588. The van der Waals surface area contributed by atoms with Gasteiger partial charge in [0.25, 0.3) is 11.5 Å². The summed E-state index contributed by atoms with van der Waals surface area (Å²) in [7, 11) is 0. The van der Waals surface area contributed by atoms with Crippen LogP contribution in [0.2, 0.25) is 0 Å². The van der Waals surface area contributed by atoms with Crippen molar-refractivity contribution in [3.05, 3.63) is 87.3 Å². The van der Waals surface area contributed by atoms with E-state index in [1.165, 1.54) is 6.33 Å². The molecule has 3 heterocycles. The lowest BCUT2D eigenvalue weighted by Crippen LogP contribution is -2.48. The van der Waals surface area contributed by atoms with Gasteiger partial charge in [0.2, 0.25) is 5.91 Å². The van der Waals surface area contributed by atoms with E-state index in [2.05, 4.69) is 15.2 Å². The molecule has 8 nitrogen and oxygen atoms in total. The molecule has 1 saturated heterocycles. The van der Waals surface area contributed by atoms with Crippen molar-refractivity contribution in [3.63, 3.8) is 0 Å². The summed E-state index contributed by atoms with van der Waals surface area (Å²) in [5.74, 6) is -2.45. The van der Waals surface area contributed by atoms with Crippen molar-refractivity contribution in [1.82, 2.24) is 14.5 Å². The Morgan fingerprint density at radius 2 is 1.70 bits per heavy atom. The lowest BCUT2D eigenvalue weighted by molar-refractivity contribution is -0.116. The molecule has 2 aromatic heterocycles. The van der Waals surface area contributed by atoms with E-state index in [4.69, 9.17) is 0 Å². The van der Waals surface area contributed by atoms with Gasteiger partial charge in [-0.25, -0.2) is 13.8 Å². The third-order valence-corrected chi connectivity index (χ3v) is 7.45. The monoisotopic (exact) mass is 523 g/mol. The normalized spacial score (nSPS) is 13.7. The molecule has 2 amide bonds. The Kier molecular flexibility index (Phi) is 6.70. The first-order chi connectivity index (χ1) is 17.8. The van der Waals surface area contributed by atoms with Crippen LogP contribution < -0.4 is 15.8 Å². The average molecular weight is 524 g/mol. The Bertz CT molecular complexity index is 1530. The van der Waals surface area contributed by atoms with E-state index in [9.17, 15) is 23.2 Å². The molecule has 0 radical (unpaired) electrons. The van der Waals surface area contributed by atoms with Crippen LogP contribution in [0.5, 0.6) is 0 Å². The Balaban J connectivity index is 1.32. The quantitative estimate of drug-likeness (QED) is 0.432. The largest absolute Gasteiger partial charge is 0.368 e. The van der Waals surface area contributed by atoms with Crippen LogP contribution in [0.4, 0.5) is 20.2 Å². The minimum Gasteiger partial charge on any atom is -0.368 e. The number of benzene rings is 2. The first-order valence-electron chi connectivity index (χ1n) is 11.6. The minimum atomic E-state index is -0.830. The summed E-state index contributed by atoms with van der Waals surface area (Å²) in [4.78, 5) is 48.1. The van der Waals surface area contributed by atoms with Gasteiger partial charge < -0.3 is 15.1 Å². The van der Waals surface area contributed by atoms with Crippen LogP contribution in [0, 0.1) is 18.6 Å². The number of carbonyl (C=O) groups is 2. The van der Waals surface area contributed by atoms with E-state index >= 15 is 0 Å². The molecule has 0 atom stereocenters. The van der Waals surface area contributed by atoms with Gasteiger partial charge in [-0.3, -0.25) is 19.0 Å². The molecule has 0 aliphatic carbocycles. The molecule has 0 saturated carbocycles. The van der Waals surface area contributed by atoms with E-state index in [1.54, 1.807) is 11.8 Å². The van der Waals surface area contributed by atoms with Crippen LogP contribution in [0.1, 0.15) is 15.2 Å². The van der Waals surface area contributed by atoms with E-state index in [0.717, 1.165) is 33.7 Å². The molecule has 37 heavy (non-hydrogen) atoms. The molecule has 0 unspecified atom stereocenters. The number of anilines is 2. The maximum Gasteiger partial charge on any atom is 0.264 e. The van der Waals surface area contributed by atoms with Crippen LogP contribution in [0.15, 0.2) is 59.7 Å². The van der Waals surface area contributed by atoms with Crippen LogP contribution in [0.25, 0.3) is 10.2 Å². The lowest BCUT2D eigenvalue weighted by Gasteiger charge is -2.36. The number of carbonyl (C=O) groups excluding carboxylic acids is 2. The van der Waals surface area contributed by atoms with E-state index in [-0.39, 0.29) is 17.0 Å². The van der Waals surface area contributed by atoms with Crippen LogP contribution in [-0.4, -0.2) is 52.4 Å². The van der Waals surface area contributed by atoms with Crippen molar-refractivity contribution in [1.29, 1.82) is 0 Å². The van der Waals surface area contributed by atoms with Crippen LogP contribution >= 0.6 is 11.3 Å². The summed E-state index contributed by atoms with van der Waals surface area (Å²) < 4.78 is 27.9. The van der Waals surface area contributed by atoms with Gasteiger partial charge in [0.05, 0.1) is 16.6 Å². The molecule has 11 heteroatoms. The Morgan fingerprint density at radius 1 is 1.03 bits per heavy atom. The zero-order valence-electron chi connectivity index (χ0n) is 19.9. The first kappa shape index (κ1) is 24.6. The number of rotatable bonds is 5. The van der Waals surface area contributed by atoms with Gasteiger partial charge in [0, 0.05) is 43.6 Å². The molecule has 5 rings (SSSR count). The topological polar surface area (TPSA) is 87.5 Å². The van der Waals surface area contributed by atoms with Crippen molar-refractivity contribution in [2.45, 2.75) is 13.5 Å². The van der Waals surface area contributed by atoms with E-state index < -0.39 is 29.6 Å². The molecule has 190 valence electrons. The number of amides is 2. The highest BCUT2D eigenvalue weighted by Gasteiger charge is 2.27. The summed E-state index contributed by atoms with van der Waals surface area (Å²) in [6, 6.07) is 12.7. The van der Waals surface area contributed by atoms with Gasteiger partial charge in [-0.15, -0.1) is 11.3 Å². The third kappa shape index (κ3) is 5.08. The molecule has 4 aromatic rings. The van der Waals surface area contributed by atoms with Gasteiger partial charge in [-0.2, -0.15) is 0 Å². The number of thiophene rings is 1. The van der Waals surface area contributed by atoms with Gasteiger partial charge >= 0.3 is 0 Å². The average Bonchev–Trinajstić information content (AvgIpc) is 3.22. The van der Waals surface area contributed by atoms with Gasteiger partial charge in [0.1, 0.15) is 23.0 Å². The summed E-state index contributed by atoms with van der Waals surface area (Å²) in [5, 5.41) is 2.66. The Hall–Kier alpha value is -4.12. The molecule has 0 spiro atoms. The number of aryl methyl sites for hydroxylation is 1. The third-order valence-electron chi connectivity index (χ3n) is 6.26. The molecule has 2 aromatic carbocycles. The number of halogens is 2. The number of fused-ring (bicyclic) bond motifs is 1. The van der Waals surface area contributed by atoms with Crippen molar-refractivity contribution in [2.24, 2.45) is 0 Å². The van der Waals surface area contributed by atoms with Crippen LogP contribution in [0.3, 0.4) is 0 Å². The number of hydrogen-bond acceptors (Lipinski definition) is 6. The molecule has 1 fully saturated rings. The highest BCUT2D eigenvalue weighted by molar-refractivity contribution is 7.20. The van der Waals surface area contributed by atoms with Gasteiger partial charge in [-0.1, -0.05) is 18.2 Å². The molecule has 1 aliphatic rings. The Morgan fingerprint density at radius 3 is 2.38 bits per heavy atom. The lowest BCUT2D eigenvalue weighted by atomic mass is 10.2. The highest BCUT2D eigenvalue weighted by Crippen LogP contribution is 2.28. The molecule has 1 N–H and O–H groups in total. The zero-order chi connectivity index (χ0) is 26.1. The molecular weight excluding hydrogens is 500 g/mol. The predicted molar refractivity (Wildman–Crippen MR) is 138 cm³/mol. The second-order valence-corrected chi connectivity index (χ2v) is 9.73. The van der Waals surface area contributed by atoms with Crippen molar-refractivity contribution in [3.8, 4) is 0 Å². The maximum absolute atomic E-state index is 13.4. The second kappa shape index (κ2) is 10.1. The van der Waals surface area contributed by atoms with Crippen LogP contribution in [-0.2, 0) is 11.3 Å². The summed E-state index contributed by atoms with van der Waals surface area (Å²) in [5.41, 5.74) is 1.11. The first-order valence-corrected chi connectivity index (χ1v) is 12.5. The van der Waals surface area contributed by atoms with E-state index in [0.29, 0.717) is 47.5 Å². The van der Waals surface area contributed by atoms with Gasteiger partial charge in [-0.05, 0) is 36.8 Å². The number of piperazine rings is 1.